The molecule has 14 heteroatoms. The van der Waals surface area contributed by atoms with Gasteiger partial charge in [0.1, 0.15) is 11.6 Å². The first-order valence-electron chi connectivity index (χ1n) is 13.2. The summed E-state index contributed by atoms with van der Waals surface area (Å²) in [7, 11) is 1.37. The van der Waals surface area contributed by atoms with Crippen molar-refractivity contribution in [3.05, 3.63) is 80.8 Å². The zero-order valence-corrected chi connectivity index (χ0v) is 24.3. The Morgan fingerprint density at radius 1 is 1.07 bits per heavy atom. The summed E-state index contributed by atoms with van der Waals surface area (Å²) >= 11 is 12.5. The first kappa shape index (κ1) is 32.3. The monoisotopic (exact) mass is 643 g/mol. The van der Waals surface area contributed by atoms with Crippen molar-refractivity contribution in [1.82, 2.24) is 14.7 Å². The fraction of sp³-hybridized carbons (Fsp3) is 0.379. The van der Waals surface area contributed by atoms with Crippen molar-refractivity contribution < 1.29 is 41.8 Å². The van der Waals surface area contributed by atoms with E-state index in [1.807, 2.05) is 0 Å². The zero-order chi connectivity index (χ0) is 31.5. The number of hydrogen-bond acceptors (Lipinski definition) is 5. The highest BCUT2D eigenvalue weighted by Crippen LogP contribution is 2.40. The van der Waals surface area contributed by atoms with E-state index >= 15 is 0 Å². The van der Waals surface area contributed by atoms with Crippen molar-refractivity contribution in [2.45, 2.75) is 50.9 Å². The van der Waals surface area contributed by atoms with Gasteiger partial charge in [-0.25, -0.2) is 4.39 Å². The quantitative estimate of drug-likeness (QED) is 0.187. The number of amides is 1. The predicted molar refractivity (Wildman–Crippen MR) is 149 cm³/mol. The van der Waals surface area contributed by atoms with Gasteiger partial charge < -0.3 is 14.7 Å². The predicted octanol–water partition coefficient (Wildman–Crippen LogP) is 7.09. The van der Waals surface area contributed by atoms with Gasteiger partial charge in [0.2, 0.25) is 0 Å². The van der Waals surface area contributed by atoms with E-state index in [0.29, 0.717) is 18.4 Å². The van der Waals surface area contributed by atoms with Crippen molar-refractivity contribution in [3.63, 3.8) is 0 Å². The largest absolute Gasteiger partial charge is 0.497 e. The highest BCUT2D eigenvalue weighted by atomic mass is 35.5. The molecule has 0 aliphatic heterocycles. The van der Waals surface area contributed by atoms with Crippen molar-refractivity contribution in [2.75, 3.05) is 13.7 Å². The molecule has 1 N–H and O–H groups in total. The number of aromatic nitrogens is 2. The molecule has 1 aromatic heterocycles. The molecule has 1 fully saturated rings. The normalized spacial score (nSPS) is 17.0. The molecule has 0 atom stereocenters. The lowest BCUT2D eigenvalue weighted by Gasteiger charge is -2.29. The van der Waals surface area contributed by atoms with Crippen LogP contribution >= 0.6 is 23.2 Å². The fourth-order valence-corrected chi connectivity index (χ4v) is 5.96. The second-order valence-electron chi connectivity index (χ2n) is 10.3. The van der Waals surface area contributed by atoms with Gasteiger partial charge in [-0.05, 0) is 61.4 Å². The number of methoxy groups -OCH3 is 1. The van der Waals surface area contributed by atoms with Crippen LogP contribution in [-0.2, 0) is 17.5 Å². The van der Waals surface area contributed by atoms with E-state index in [0.717, 1.165) is 27.9 Å². The van der Waals surface area contributed by atoms with Crippen LogP contribution in [0.1, 0.15) is 70.1 Å². The molecule has 1 aliphatic carbocycles. The molecule has 2 aromatic carbocycles. The number of rotatable bonds is 10. The molecule has 0 spiro atoms. The third-order valence-corrected chi connectivity index (χ3v) is 7.95. The number of carboxylic acid groups (broad SMARTS) is 1. The summed E-state index contributed by atoms with van der Waals surface area (Å²) in [6.07, 6.45) is -2.93. The number of hydrogen-bond donors (Lipinski definition) is 1. The van der Waals surface area contributed by atoms with Crippen molar-refractivity contribution in [1.29, 1.82) is 0 Å². The average Bonchev–Trinajstić information content (AvgIpc) is 3.39. The summed E-state index contributed by atoms with van der Waals surface area (Å²) in [5.41, 5.74) is -1.82. The number of carboxylic acids is 1. The second kappa shape index (κ2) is 13.3. The minimum atomic E-state index is -4.98. The Labute approximate surface area is 254 Å². The molecule has 1 amide bonds. The van der Waals surface area contributed by atoms with E-state index in [9.17, 15) is 31.9 Å². The molecule has 1 heterocycles. The summed E-state index contributed by atoms with van der Waals surface area (Å²) < 4.78 is 62.8. The topological polar surface area (TPSA) is 102 Å². The van der Waals surface area contributed by atoms with Crippen molar-refractivity contribution in [3.8, 4) is 5.75 Å². The zero-order valence-electron chi connectivity index (χ0n) is 22.8. The minimum absolute atomic E-state index is 0.0731. The highest BCUT2D eigenvalue weighted by Gasteiger charge is 2.43. The maximum atomic E-state index is 14.5. The molecule has 0 saturated heterocycles. The SMILES string of the molecule is COc1cc(Cl)c(C(=O)CN(Cc2ccc(F)cc2)C(=O)c2cnn(C3CCC(CC(=O)O)CC3)c2C(F)(F)F)c(Cl)c1. The van der Waals surface area contributed by atoms with E-state index < -0.39 is 53.5 Å². The Hall–Kier alpha value is -3.64. The van der Waals surface area contributed by atoms with Crippen LogP contribution in [0, 0.1) is 11.7 Å². The van der Waals surface area contributed by atoms with E-state index in [-0.39, 0.29) is 53.1 Å². The number of alkyl halides is 3. The molecular formula is C29H27Cl2F4N3O5. The molecule has 8 nitrogen and oxygen atoms in total. The van der Waals surface area contributed by atoms with Gasteiger partial charge in [0.05, 0.1) is 47.1 Å². The van der Waals surface area contributed by atoms with E-state index in [1.54, 1.807) is 0 Å². The summed E-state index contributed by atoms with van der Waals surface area (Å²) in [5.74, 6) is -3.30. The maximum Gasteiger partial charge on any atom is 0.433 e. The van der Waals surface area contributed by atoms with Gasteiger partial charge in [0, 0.05) is 13.0 Å². The van der Waals surface area contributed by atoms with E-state index in [4.69, 9.17) is 33.0 Å². The third kappa shape index (κ3) is 7.66. The van der Waals surface area contributed by atoms with Crippen LogP contribution in [0.3, 0.4) is 0 Å². The van der Waals surface area contributed by atoms with Gasteiger partial charge in [0.15, 0.2) is 11.5 Å². The molecule has 1 aliphatic rings. The van der Waals surface area contributed by atoms with Gasteiger partial charge in [-0.15, -0.1) is 0 Å². The summed E-state index contributed by atoms with van der Waals surface area (Å²) in [6.45, 7) is -1.04. The Morgan fingerprint density at radius 2 is 1.67 bits per heavy atom. The number of Topliss-reactive ketones (excluding diaryl/α,β-unsaturated/α-hetero) is 1. The van der Waals surface area contributed by atoms with Gasteiger partial charge in [-0.2, -0.15) is 18.3 Å². The van der Waals surface area contributed by atoms with Crippen LogP contribution < -0.4 is 4.74 Å². The number of carbonyl (C=O) groups excluding carboxylic acids is 2. The summed E-state index contributed by atoms with van der Waals surface area (Å²) in [4.78, 5) is 39.1. The minimum Gasteiger partial charge on any atom is -0.497 e. The highest BCUT2D eigenvalue weighted by molar-refractivity contribution is 6.40. The molecule has 4 rings (SSSR count). The van der Waals surface area contributed by atoms with Crippen molar-refractivity contribution >= 4 is 40.9 Å². The number of halogens is 6. The standard InChI is InChI=1S/C29H27Cl2F4N3O5/c1-43-20-11-22(30)26(23(31)12-20)24(39)15-37(14-17-2-6-18(32)7-3-17)28(42)21-13-36-38(27(21)29(33,34)35)19-8-4-16(5-9-19)10-25(40)41/h2-3,6-7,11-13,16,19H,4-5,8-10,14-15H2,1H3,(H,40,41). The number of ketones is 1. The van der Waals surface area contributed by atoms with Crippen LogP contribution in [0.2, 0.25) is 10.0 Å². The van der Waals surface area contributed by atoms with Crippen LogP contribution in [0.4, 0.5) is 17.6 Å². The maximum absolute atomic E-state index is 14.5. The fourth-order valence-electron chi connectivity index (χ4n) is 5.29. The van der Waals surface area contributed by atoms with Gasteiger partial charge >= 0.3 is 12.1 Å². The van der Waals surface area contributed by atoms with Gasteiger partial charge in [0.25, 0.3) is 5.91 Å². The smallest absolute Gasteiger partial charge is 0.433 e. The number of benzene rings is 2. The lowest BCUT2D eigenvalue weighted by atomic mass is 9.84. The van der Waals surface area contributed by atoms with Gasteiger partial charge in [-0.3, -0.25) is 19.1 Å². The number of carbonyl (C=O) groups is 3. The average molecular weight is 644 g/mol. The van der Waals surface area contributed by atoms with Gasteiger partial charge in [-0.1, -0.05) is 35.3 Å². The Bertz CT molecular complexity index is 1480. The lowest BCUT2D eigenvalue weighted by Crippen LogP contribution is -2.37. The summed E-state index contributed by atoms with van der Waals surface area (Å²) in [5, 5.41) is 12.8. The number of nitrogens with zero attached hydrogens (tertiary/aromatic N) is 3. The molecule has 0 bridgehead atoms. The molecule has 0 unspecified atom stereocenters. The first-order chi connectivity index (χ1) is 20.3. The Kier molecular flexibility index (Phi) is 10.0. The second-order valence-corrected chi connectivity index (χ2v) is 11.1. The van der Waals surface area contributed by atoms with Crippen LogP contribution in [0.25, 0.3) is 0 Å². The van der Waals surface area contributed by atoms with Crippen molar-refractivity contribution in [2.24, 2.45) is 5.92 Å². The van der Waals surface area contributed by atoms with Crippen LogP contribution in [0.15, 0.2) is 42.6 Å². The molecule has 1 saturated carbocycles. The molecular weight excluding hydrogens is 617 g/mol. The number of ether oxygens (including phenoxy) is 1. The molecule has 0 radical (unpaired) electrons. The van der Waals surface area contributed by atoms with Crippen LogP contribution in [0.5, 0.6) is 5.75 Å². The Morgan fingerprint density at radius 3 is 2.21 bits per heavy atom. The molecule has 3 aromatic rings. The first-order valence-corrected chi connectivity index (χ1v) is 14.0. The lowest BCUT2D eigenvalue weighted by molar-refractivity contribution is -0.145. The molecule has 43 heavy (non-hydrogen) atoms. The summed E-state index contributed by atoms with van der Waals surface area (Å²) in [6, 6.07) is 6.91. The van der Waals surface area contributed by atoms with E-state index in [2.05, 4.69) is 5.10 Å². The number of aliphatic carboxylic acids is 1. The van der Waals surface area contributed by atoms with E-state index in [1.165, 1.54) is 31.4 Å². The molecule has 230 valence electrons. The van der Waals surface area contributed by atoms with Crippen LogP contribution in [-0.4, -0.2) is 51.1 Å². The Balaban J connectivity index is 1.68. The third-order valence-electron chi connectivity index (χ3n) is 7.36.